The first-order valence-corrected chi connectivity index (χ1v) is 6.18. The molecule has 1 N–H and O–H groups in total. The summed E-state index contributed by atoms with van der Waals surface area (Å²) in [6.07, 6.45) is 1.30. The van der Waals surface area contributed by atoms with E-state index in [9.17, 15) is 4.79 Å². The van der Waals surface area contributed by atoms with Gasteiger partial charge in [0.05, 0.1) is 10.7 Å². The van der Waals surface area contributed by atoms with Crippen LogP contribution in [0.4, 0.5) is 0 Å². The molecule has 0 saturated carbocycles. The van der Waals surface area contributed by atoms with Crippen molar-refractivity contribution in [2.75, 3.05) is 0 Å². The summed E-state index contributed by atoms with van der Waals surface area (Å²) in [6.45, 7) is 1.70. The SMILES string of the molecule is Cc1ncc(C(=O)O)c(-c2ccc(Br)c(Cl)c2)n1. The minimum Gasteiger partial charge on any atom is -0.478 e. The van der Waals surface area contributed by atoms with E-state index in [1.807, 2.05) is 0 Å². The van der Waals surface area contributed by atoms with Gasteiger partial charge in [-0.25, -0.2) is 14.8 Å². The largest absolute Gasteiger partial charge is 0.478 e. The number of halogens is 2. The summed E-state index contributed by atoms with van der Waals surface area (Å²) in [5, 5.41) is 9.62. The molecule has 1 heterocycles. The minimum atomic E-state index is -1.07. The van der Waals surface area contributed by atoms with Crippen LogP contribution in [-0.4, -0.2) is 21.0 Å². The van der Waals surface area contributed by atoms with Crippen molar-refractivity contribution < 1.29 is 9.90 Å². The van der Waals surface area contributed by atoms with Gasteiger partial charge in [-0.3, -0.25) is 0 Å². The average Bonchev–Trinajstić information content (AvgIpc) is 2.32. The van der Waals surface area contributed by atoms with Gasteiger partial charge in [0, 0.05) is 16.2 Å². The van der Waals surface area contributed by atoms with Gasteiger partial charge in [-0.1, -0.05) is 17.7 Å². The summed E-state index contributed by atoms with van der Waals surface area (Å²) in [4.78, 5) is 19.2. The molecule has 0 aliphatic carbocycles. The van der Waals surface area contributed by atoms with Crippen LogP contribution in [0.3, 0.4) is 0 Å². The minimum absolute atomic E-state index is 0.0546. The highest BCUT2D eigenvalue weighted by atomic mass is 79.9. The van der Waals surface area contributed by atoms with Gasteiger partial charge in [0.25, 0.3) is 0 Å². The lowest BCUT2D eigenvalue weighted by Gasteiger charge is -2.07. The summed E-state index contributed by atoms with van der Waals surface area (Å²) >= 11 is 9.28. The number of hydrogen-bond donors (Lipinski definition) is 1. The Labute approximate surface area is 117 Å². The van der Waals surface area contributed by atoms with E-state index in [-0.39, 0.29) is 5.56 Å². The van der Waals surface area contributed by atoms with Gasteiger partial charge in [-0.2, -0.15) is 0 Å². The van der Waals surface area contributed by atoms with Crippen LogP contribution in [0.1, 0.15) is 16.2 Å². The van der Waals surface area contributed by atoms with E-state index in [1.54, 1.807) is 25.1 Å². The number of benzene rings is 1. The number of carboxylic acid groups (broad SMARTS) is 1. The van der Waals surface area contributed by atoms with Gasteiger partial charge in [-0.15, -0.1) is 0 Å². The molecule has 92 valence electrons. The molecule has 6 heteroatoms. The maximum atomic E-state index is 11.1. The van der Waals surface area contributed by atoms with Crippen LogP contribution in [0.15, 0.2) is 28.9 Å². The summed E-state index contributed by atoms with van der Waals surface area (Å²) < 4.78 is 0.746. The predicted molar refractivity (Wildman–Crippen MR) is 71.9 cm³/mol. The van der Waals surface area contributed by atoms with E-state index in [0.717, 1.165) is 4.47 Å². The van der Waals surface area contributed by atoms with Crippen molar-refractivity contribution in [1.82, 2.24) is 9.97 Å². The lowest BCUT2D eigenvalue weighted by Crippen LogP contribution is -2.04. The first-order valence-electron chi connectivity index (χ1n) is 5.01. The standard InChI is InChI=1S/C12H8BrClN2O2/c1-6-15-5-8(12(17)18)11(16-6)7-2-3-9(13)10(14)4-7/h2-5H,1H3,(H,17,18). The Morgan fingerprint density at radius 3 is 2.78 bits per heavy atom. The number of carbonyl (C=O) groups is 1. The number of rotatable bonds is 2. The zero-order valence-corrected chi connectivity index (χ0v) is 11.7. The van der Waals surface area contributed by atoms with Crippen LogP contribution in [-0.2, 0) is 0 Å². The molecule has 0 radical (unpaired) electrons. The van der Waals surface area contributed by atoms with E-state index in [2.05, 4.69) is 25.9 Å². The summed E-state index contributed by atoms with van der Waals surface area (Å²) in [7, 11) is 0. The number of aryl methyl sites for hydroxylation is 1. The Morgan fingerprint density at radius 1 is 1.44 bits per heavy atom. The molecule has 0 unspecified atom stereocenters. The quantitative estimate of drug-likeness (QED) is 0.916. The Kier molecular flexibility index (Phi) is 3.63. The highest BCUT2D eigenvalue weighted by Gasteiger charge is 2.15. The van der Waals surface area contributed by atoms with Crippen molar-refractivity contribution in [2.45, 2.75) is 6.92 Å². The molecular weight excluding hydrogens is 320 g/mol. The van der Waals surface area contributed by atoms with Gasteiger partial charge in [0.2, 0.25) is 0 Å². The van der Waals surface area contributed by atoms with Gasteiger partial charge in [0.15, 0.2) is 0 Å². The maximum Gasteiger partial charge on any atom is 0.339 e. The highest BCUT2D eigenvalue weighted by Crippen LogP contribution is 2.29. The van der Waals surface area contributed by atoms with Crippen LogP contribution in [0.2, 0.25) is 5.02 Å². The summed E-state index contributed by atoms with van der Waals surface area (Å²) in [5.41, 5.74) is 1.06. The fourth-order valence-electron chi connectivity index (χ4n) is 1.49. The Bertz CT molecular complexity index is 631. The molecule has 0 spiro atoms. The second-order valence-electron chi connectivity index (χ2n) is 3.61. The topological polar surface area (TPSA) is 63.1 Å². The van der Waals surface area contributed by atoms with Crippen molar-refractivity contribution in [2.24, 2.45) is 0 Å². The normalized spacial score (nSPS) is 10.4. The number of nitrogens with zero attached hydrogens (tertiary/aromatic N) is 2. The lowest BCUT2D eigenvalue weighted by atomic mass is 10.1. The molecule has 0 fully saturated rings. The second-order valence-corrected chi connectivity index (χ2v) is 4.88. The van der Waals surface area contributed by atoms with Crippen molar-refractivity contribution >= 4 is 33.5 Å². The van der Waals surface area contributed by atoms with Gasteiger partial charge in [-0.05, 0) is 35.0 Å². The molecule has 1 aromatic heterocycles. The fourth-order valence-corrected chi connectivity index (χ4v) is 1.92. The molecule has 4 nitrogen and oxygen atoms in total. The molecule has 0 aliphatic rings. The molecule has 1 aromatic carbocycles. The Hall–Kier alpha value is -1.46. The molecule has 0 bridgehead atoms. The van der Waals surface area contributed by atoms with E-state index in [4.69, 9.17) is 16.7 Å². The van der Waals surface area contributed by atoms with Crippen molar-refractivity contribution in [3.8, 4) is 11.3 Å². The molecule has 0 saturated heterocycles. The number of carboxylic acids is 1. The molecule has 0 amide bonds. The third-order valence-corrected chi connectivity index (χ3v) is 3.57. The van der Waals surface area contributed by atoms with E-state index in [0.29, 0.717) is 22.1 Å². The first-order chi connectivity index (χ1) is 8.49. The molecular formula is C12H8BrClN2O2. The third kappa shape index (κ3) is 2.52. The van der Waals surface area contributed by atoms with E-state index < -0.39 is 5.97 Å². The predicted octanol–water partition coefficient (Wildman–Crippen LogP) is 3.57. The monoisotopic (exact) mass is 326 g/mol. The van der Waals surface area contributed by atoms with Gasteiger partial charge < -0.3 is 5.11 Å². The molecule has 2 aromatic rings. The van der Waals surface area contributed by atoms with Crippen molar-refractivity contribution in [3.63, 3.8) is 0 Å². The van der Waals surface area contributed by atoms with Gasteiger partial charge >= 0.3 is 5.97 Å². The molecule has 18 heavy (non-hydrogen) atoms. The number of aromatic nitrogens is 2. The highest BCUT2D eigenvalue weighted by molar-refractivity contribution is 9.10. The smallest absolute Gasteiger partial charge is 0.339 e. The van der Waals surface area contributed by atoms with Crippen LogP contribution in [0.25, 0.3) is 11.3 Å². The fraction of sp³-hybridized carbons (Fsp3) is 0.0833. The van der Waals surface area contributed by atoms with Crippen molar-refractivity contribution in [1.29, 1.82) is 0 Å². The number of hydrogen-bond acceptors (Lipinski definition) is 3. The maximum absolute atomic E-state index is 11.1. The van der Waals surface area contributed by atoms with E-state index in [1.165, 1.54) is 6.20 Å². The Morgan fingerprint density at radius 2 is 2.17 bits per heavy atom. The first kappa shape index (κ1) is 13.0. The van der Waals surface area contributed by atoms with Gasteiger partial charge in [0.1, 0.15) is 11.4 Å². The van der Waals surface area contributed by atoms with Crippen LogP contribution in [0.5, 0.6) is 0 Å². The summed E-state index contributed by atoms with van der Waals surface area (Å²) in [5.74, 6) is -0.557. The molecule has 0 aliphatic heterocycles. The number of aromatic carboxylic acids is 1. The molecule has 2 rings (SSSR count). The van der Waals surface area contributed by atoms with E-state index >= 15 is 0 Å². The van der Waals surface area contributed by atoms with Crippen molar-refractivity contribution in [3.05, 3.63) is 45.3 Å². The lowest BCUT2D eigenvalue weighted by molar-refractivity contribution is 0.0697. The van der Waals surface area contributed by atoms with Crippen LogP contribution >= 0.6 is 27.5 Å². The van der Waals surface area contributed by atoms with Crippen LogP contribution in [0, 0.1) is 6.92 Å². The third-order valence-electron chi connectivity index (χ3n) is 2.33. The average molecular weight is 328 g/mol. The Balaban J connectivity index is 2.65. The van der Waals surface area contributed by atoms with Crippen LogP contribution < -0.4 is 0 Å². The second kappa shape index (κ2) is 5.04. The zero-order valence-electron chi connectivity index (χ0n) is 9.32. The zero-order chi connectivity index (χ0) is 13.3. The summed E-state index contributed by atoms with van der Waals surface area (Å²) in [6, 6.07) is 5.17. The molecule has 0 atom stereocenters.